The van der Waals surface area contributed by atoms with Crippen molar-refractivity contribution in [3.05, 3.63) is 44.0 Å². The van der Waals surface area contributed by atoms with Gasteiger partial charge in [0.2, 0.25) is 5.95 Å². The molecule has 2 aliphatic rings. The standard InChI is InChI=1S/C22H23ClIN5O2/c1-22(2)11-13-17-16(25-21(26-17)27-18-14(23)6-5-7-15(18)24)10-12(19(13)31-22)20(30)28-29-8-3-4-9-29/h5-7,10H,3-4,8-9,11H2,1-2H3,(H,28,30)(H2,25,26,27). The number of carbonyl (C=O) groups excluding carboxylic acids is 1. The quantitative estimate of drug-likeness (QED) is 0.397. The first-order valence-corrected chi connectivity index (χ1v) is 11.8. The van der Waals surface area contributed by atoms with Crippen molar-refractivity contribution in [3.63, 3.8) is 0 Å². The number of ether oxygens (including phenoxy) is 1. The normalized spacial score (nSPS) is 17.5. The molecule has 1 amide bonds. The van der Waals surface area contributed by atoms with E-state index >= 15 is 0 Å². The Kier molecular flexibility index (Phi) is 5.26. The fraction of sp³-hybridized carbons (Fsp3) is 0.364. The number of anilines is 2. The number of aromatic nitrogens is 2. The number of hydrogen-bond acceptors (Lipinski definition) is 5. The van der Waals surface area contributed by atoms with E-state index in [0.717, 1.165) is 51.8 Å². The number of imidazole rings is 1. The monoisotopic (exact) mass is 551 g/mol. The molecule has 0 unspecified atom stereocenters. The predicted octanol–water partition coefficient (Wildman–Crippen LogP) is 5.02. The second-order valence-corrected chi connectivity index (χ2v) is 10.2. The van der Waals surface area contributed by atoms with Gasteiger partial charge in [0.15, 0.2) is 0 Å². The first-order valence-electron chi connectivity index (χ1n) is 10.3. The zero-order valence-electron chi connectivity index (χ0n) is 17.3. The minimum Gasteiger partial charge on any atom is -0.486 e. The summed E-state index contributed by atoms with van der Waals surface area (Å²) in [5, 5.41) is 5.88. The lowest BCUT2D eigenvalue weighted by molar-refractivity contribution is 0.0814. The molecule has 31 heavy (non-hydrogen) atoms. The fourth-order valence-corrected chi connectivity index (χ4v) is 5.23. The molecule has 3 aromatic rings. The Morgan fingerprint density at radius 3 is 2.84 bits per heavy atom. The molecule has 5 rings (SSSR count). The Bertz CT molecular complexity index is 1170. The number of fused-ring (bicyclic) bond motifs is 3. The van der Waals surface area contributed by atoms with Crippen LogP contribution in [0.4, 0.5) is 11.6 Å². The minimum atomic E-state index is -0.399. The summed E-state index contributed by atoms with van der Waals surface area (Å²) in [5.74, 6) is 1.05. The minimum absolute atomic E-state index is 0.150. The van der Waals surface area contributed by atoms with Crippen LogP contribution in [0.25, 0.3) is 11.0 Å². The van der Waals surface area contributed by atoms with Crippen LogP contribution in [0.3, 0.4) is 0 Å². The van der Waals surface area contributed by atoms with Crippen LogP contribution in [-0.4, -0.2) is 39.6 Å². The Labute approximate surface area is 199 Å². The third-order valence-electron chi connectivity index (χ3n) is 5.62. The van der Waals surface area contributed by atoms with Gasteiger partial charge in [-0.05, 0) is 67.5 Å². The number of benzene rings is 2. The number of nitrogens with one attached hydrogen (secondary N) is 3. The van der Waals surface area contributed by atoms with E-state index in [2.05, 4.69) is 38.3 Å². The van der Waals surface area contributed by atoms with Gasteiger partial charge in [0.1, 0.15) is 11.4 Å². The maximum absolute atomic E-state index is 13.1. The van der Waals surface area contributed by atoms with Gasteiger partial charge >= 0.3 is 0 Å². The van der Waals surface area contributed by atoms with Gasteiger partial charge in [0, 0.05) is 28.6 Å². The lowest BCUT2D eigenvalue weighted by Crippen LogP contribution is -2.40. The molecule has 9 heteroatoms. The summed E-state index contributed by atoms with van der Waals surface area (Å²) in [6, 6.07) is 7.55. The van der Waals surface area contributed by atoms with Gasteiger partial charge < -0.3 is 15.0 Å². The van der Waals surface area contributed by atoms with Gasteiger partial charge in [0.25, 0.3) is 5.91 Å². The summed E-state index contributed by atoms with van der Waals surface area (Å²) in [6.07, 6.45) is 2.87. The smallest absolute Gasteiger partial charge is 0.269 e. The van der Waals surface area contributed by atoms with Crippen LogP contribution in [0.2, 0.25) is 5.02 Å². The van der Waals surface area contributed by atoms with Crippen molar-refractivity contribution in [2.45, 2.75) is 38.7 Å². The fourth-order valence-electron chi connectivity index (χ4n) is 4.22. The average molecular weight is 552 g/mol. The third kappa shape index (κ3) is 3.96. The zero-order valence-corrected chi connectivity index (χ0v) is 20.2. The van der Waals surface area contributed by atoms with E-state index in [9.17, 15) is 4.79 Å². The summed E-state index contributed by atoms with van der Waals surface area (Å²) in [7, 11) is 0. The summed E-state index contributed by atoms with van der Waals surface area (Å²) in [5.41, 5.74) is 6.50. The Morgan fingerprint density at radius 1 is 1.32 bits per heavy atom. The van der Waals surface area contributed by atoms with Gasteiger partial charge in [0.05, 0.1) is 27.3 Å². The molecular formula is C22H23ClIN5O2. The Hall–Kier alpha value is -2.04. The highest BCUT2D eigenvalue weighted by atomic mass is 127. The van der Waals surface area contributed by atoms with Gasteiger partial charge in [-0.25, -0.2) is 9.99 Å². The second kappa shape index (κ2) is 7.83. The van der Waals surface area contributed by atoms with Gasteiger partial charge in [-0.2, -0.15) is 0 Å². The van der Waals surface area contributed by atoms with Crippen LogP contribution in [0, 0.1) is 3.57 Å². The molecule has 2 aromatic carbocycles. The van der Waals surface area contributed by atoms with Gasteiger partial charge in [-0.1, -0.05) is 17.7 Å². The molecule has 1 saturated heterocycles. The number of aromatic amines is 1. The summed E-state index contributed by atoms with van der Waals surface area (Å²) in [6.45, 7) is 5.80. The van der Waals surface area contributed by atoms with Gasteiger partial charge in [-0.15, -0.1) is 0 Å². The first-order chi connectivity index (χ1) is 14.8. The number of carbonyl (C=O) groups is 1. The van der Waals surface area contributed by atoms with E-state index in [0.29, 0.717) is 28.7 Å². The lowest BCUT2D eigenvalue weighted by Gasteiger charge is -2.20. The zero-order chi connectivity index (χ0) is 21.8. The molecule has 0 radical (unpaired) electrons. The molecule has 0 aliphatic carbocycles. The molecule has 1 fully saturated rings. The maximum Gasteiger partial charge on any atom is 0.269 e. The molecule has 3 heterocycles. The highest BCUT2D eigenvalue weighted by molar-refractivity contribution is 14.1. The number of para-hydroxylation sites is 1. The molecule has 0 spiro atoms. The maximum atomic E-state index is 13.1. The molecule has 0 bridgehead atoms. The largest absolute Gasteiger partial charge is 0.486 e. The molecule has 0 saturated carbocycles. The van der Waals surface area contributed by atoms with Crippen LogP contribution >= 0.6 is 34.2 Å². The number of nitrogens with zero attached hydrogens (tertiary/aromatic N) is 2. The molecule has 1 aromatic heterocycles. The Balaban J connectivity index is 1.56. The second-order valence-electron chi connectivity index (χ2n) is 8.61. The van der Waals surface area contributed by atoms with Gasteiger partial charge in [-0.3, -0.25) is 10.2 Å². The molecule has 0 atom stereocenters. The van der Waals surface area contributed by atoms with Crippen LogP contribution in [0.1, 0.15) is 42.6 Å². The van der Waals surface area contributed by atoms with E-state index in [-0.39, 0.29) is 5.91 Å². The first kappa shape index (κ1) is 20.8. The van der Waals surface area contributed by atoms with Crippen LogP contribution in [0.15, 0.2) is 24.3 Å². The van der Waals surface area contributed by atoms with E-state index in [1.807, 2.05) is 43.1 Å². The predicted molar refractivity (Wildman–Crippen MR) is 130 cm³/mol. The number of hydrogen-bond donors (Lipinski definition) is 3. The van der Waals surface area contributed by atoms with E-state index in [4.69, 9.17) is 21.3 Å². The van der Waals surface area contributed by atoms with Crippen molar-refractivity contribution in [3.8, 4) is 5.75 Å². The highest BCUT2D eigenvalue weighted by Crippen LogP contribution is 2.42. The number of H-pyrrole nitrogens is 1. The average Bonchev–Trinajstić information content (AvgIpc) is 3.41. The van der Waals surface area contributed by atoms with Crippen molar-refractivity contribution in [2.75, 3.05) is 18.4 Å². The topological polar surface area (TPSA) is 82.3 Å². The van der Waals surface area contributed by atoms with Crippen molar-refractivity contribution >= 4 is 62.8 Å². The Morgan fingerprint density at radius 2 is 2.10 bits per heavy atom. The summed E-state index contributed by atoms with van der Waals surface area (Å²) < 4.78 is 7.20. The summed E-state index contributed by atoms with van der Waals surface area (Å²) in [4.78, 5) is 21.2. The van der Waals surface area contributed by atoms with E-state index in [1.165, 1.54) is 0 Å². The van der Waals surface area contributed by atoms with Crippen LogP contribution < -0.4 is 15.5 Å². The van der Waals surface area contributed by atoms with Crippen molar-refractivity contribution in [1.82, 2.24) is 20.4 Å². The molecule has 3 N–H and O–H groups in total. The summed E-state index contributed by atoms with van der Waals surface area (Å²) >= 11 is 8.61. The van der Waals surface area contributed by atoms with Crippen LogP contribution in [0.5, 0.6) is 5.75 Å². The molecule has 2 aliphatic heterocycles. The number of halogens is 2. The van der Waals surface area contributed by atoms with Crippen LogP contribution in [-0.2, 0) is 6.42 Å². The van der Waals surface area contributed by atoms with E-state index < -0.39 is 5.60 Å². The number of rotatable bonds is 4. The molecule has 162 valence electrons. The molecule has 7 nitrogen and oxygen atoms in total. The van der Waals surface area contributed by atoms with Crippen molar-refractivity contribution < 1.29 is 9.53 Å². The SMILES string of the molecule is CC1(C)Cc2c(c(C(=O)NN3CCCC3)cc3[nH]c(Nc4c(Cl)cccc4I)nc23)O1. The highest BCUT2D eigenvalue weighted by Gasteiger charge is 2.36. The third-order valence-corrected chi connectivity index (χ3v) is 6.84. The lowest BCUT2D eigenvalue weighted by atomic mass is 9.99. The number of hydrazine groups is 1. The van der Waals surface area contributed by atoms with Crippen molar-refractivity contribution in [1.29, 1.82) is 0 Å². The molecular weight excluding hydrogens is 529 g/mol. The van der Waals surface area contributed by atoms with E-state index in [1.54, 1.807) is 0 Å². The number of amides is 1. The van der Waals surface area contributed by atoms with Crippen molar-refractivity contribution in [2.24, 2.45) is 0 Å².